The highest BCUT2D eigenvalue weighted by atomic mass is 32.1. The summed E-state index contributed by atoms with van der Waals surface area (Å²) in [6.07, 6.45) is 13.1. The molecular formula is C28H30N2S6. The fourth-order valence-corrected chi connectivity index (χ4v) is 11.6. The zero-order valence-corrected chi connectivity index (χ0v) is 25.6. The number of hydrogen-bond acceptors (Lipinski definition) is 8. The Morgan fingerprint density at radius 1 is 0.500 bits per heavy atom. The van der Waals surface area contributed by atoms with E-state index in [1.165, 1.54) is 103 Å². The maximum absolute atomic E-state index is 5.00. The number of hydrogen-bond donors (Lipinski definition) is 0. The van der Waals surface area contributed by atoms with Crippen molar-refractivity contribution in [2.75, 3.05) is 0 Å². The second-order valence-electron chi connectivity index (χ2n) is 9.37. The minimum absolute atomic E-state index is 1.08. The molecule has 0 atom stereocenters. The van der Waals surface area contributed by atoms with Crippen LogP contribution in [0.25, 0.3) is 48.2 Å². The van der Waals surface area contributed by atoms with Crippen molar-refractivity contribution in [2.24, 2.45) is 0 Å². The lowest BCUT2D eigenvalue weighted by Gasteiger charge is -1.96. The summed E-state index contributed by atoms with van der Waals surface area (Å²) in [6, 6.07) is 9.50. The van der Waals surface area contributed by atoms with Crippen LogP contribution in [0, 0.1) is 0 Å². The van der Waals surface area contributed by atoms with Gasteiger partial charge in [0.05, 0.1) is 9.75 Å². The monoisotopic (exact) mass is 586 g/mol. The van der Waals surface area contributed by atoms with Crippen molar-refractivity contribution in [3.8, 4) is 19.8 Å². The first kappa shape index (κ1) is 25.1. The van der Waals surface area contributed by atoms with Gasteiger partial charge in [-0.1, -0.05) is 75.0 Å². The van der Waals surface area contributed by atoms with Gasteiger partial charge in [0, 0.05) is 28.6 Å². The molecule has 6 aromatic heterocycles. The maximum Gasteiger partial charge on any atom is 0.155 e. The minimum atomic E-state index is 1.08. The molecule has 188 valence electrons. The quantitative estimate of drug-likeness (QED) is 0.133. The third kappa shape index (κ3) is 5.36. The molecule has 36 heavy (non-hydrogen) atoms. The summed E-state index contributed by atoms with van der Waals surface area (Å²) in [5, 5.41) is 2.24. The Hall–Kier alpha value is -1.16. The molecule has 0 aliphatic rings. The number of rotatable bonds is 12. The SMILES string of the molecule is CCCCCCc1cc2sc(-c3nc4sc(-c5cc6sc(CCCCCC)cc6s5)nc4s3)cc2s1. The molecule has 0 unspecified atom stereocenters. The Labute approximate surface area is 236 Å². The summed E-state index contributed by atoms with van der Waals surface area (Å²) in [5.41, 5.74) is 0. The Morgan fingerprint density at radius 3 is 1.36 bits per heavy atom. The molecule has 6 heterocycles. The van der Waals surface area contributed by atoms with E-state index in [2.05, 4.69) is 38.1 Å². The first-order chi connectivity index (χ1) is 17.7. The molecule has 0 fully saturated rings. The van der Waals surface area contributed by atoms with Crippen LogP contribution in [0.1, 0.15) is 75.0 Å². The molecule has 0 saturated heterocycles. The molecule has 8 heteroatoms. The largest absolute Gasteiger partial charge is 0.222 e. The van der Waals surface area contributed by atoms with Crippen molar-refractivity contribution in [3.63, 3.8) is 0 Å². The van der Waals surface area contributed by atoms with Gasteiger partial charge in [0.1, 0.15) is 10.0 Å². The van der Waals surface area contributed by atoms with Crippen LogP contribution < -0.4 is 0 Å². The second kappa shape index (κ2) is 11.3. The van der Waals surface area contributed by atoms with Gasteiger partial charge < -0.3 is 0 Å². The van der Waals surface area contributed by atoms with Crippen LogP contribution in [-0.2, 0) is 12.8 Å². The number of unbranched alkanes of at least 4 members (excludes halogenated alkanes) is 6. The topological polar surface area (TPSA) is 25.8 Å². The van der Waals surface area contributed by atoms with Gasteiger partial charge in [-0.05, 0) is 49.9 Å². The van der Waals surface area contributed by atoms with E-state index in [4.69, 9.17) is 9.97 Å². The Bertz CT molecular complexity index is 1380. The van der Waals surface area contributed by atoms with Gasteiger partial charge in [-0.25, -0.2) is 9.97 Å². The summed E-state index contributed by atoms with van der Waals surface area (Å²) in [4.78, 5) is 17.8. The Morgan fingerprint density at radius 2 is 0.944 bits per heavy atom. The number of aryl methyl sites for hydroxylation is 2. The van der Waals surface area contributed by atoms with Crippen LogP contribution in [-0.4, -0.2) is 9.97 Å². The number of thiophene rings is 4. The average Bonchev–Trinajstić information content (AvgIpc) is 3.65. The molecule has 0 amide bonds. The summed E-state index contributed by atoms with van der Waals surface area (Å²) in [5.74, 6) is 0. The number of thiazole rings is 2. The zero-order chi connectivity index (χ0) is 24.5. The molecule has 6 aromatic rings. The van der Waals surface area contributed by atoms with Gasteiger partial charge in [0.25, 0.3) is 0 Å². The van der Waals surface area contributed by atoms with Crippen LogP contribution in [0.4, 0.5) is 0 Å². The molecule has 0 spiro atoms. The standard InChI is InChI=1S/C28H30N2S6/c1-3-5-7-9-11-17-13-19-21(31-17)15-23(33-19)25-29-27-28(35-25)30-26(36-27)24-16-22-20(34-24)14-18(32-22)12-10-8-6-4-2/h13-16H,3-12H2,1-2H3. The van der Waals surface area contributed by atoms with E-state index in [1.807, 2.05) is 45.3 Å². The Kier molecular flexibility index (Phi) is 7.89. The van der Waals surface area contributed by atoms with E-state index < -0.39 is 0 Å². The van der Waals surface area contributed by atoms with Crippen molar-refractivity contribution in [2.45, 2.75) is 78.1 Å². The van der Waals surface area contributed by atoms with E-state index in [9.17, 15) is 0 Å². The normalized spacial score (nSPS) is 12.2. The molecule has 2 nitrogen and oxygen atoms in total. The van der Waals surface area contributed by atoms with Gasteiger partial charge in [0.2, 0.25) is 0 Å². The summed E-state index contributed by atoms with van der Waals surface area (Å²) < 4.78 is 5.65. The van der Waals surface area contributed by atoms with Crippen molar-refractivity contribution in [1.29, 1.82) is 0 Å². The average molecular weight is 587 g/mol. The zero-order valence-electron chi connectivity index (χ0n) is 20.7. The highest BCUT2D eigenvalue weighted by Crippen LogP contribution is 2.45. The van der Waals surface area contributed by atoms with Crippen LogP contribution in [0.5, 0.6) is 0 Å². The molecule has 6 rings (SSSR count). The highest BCUT2D eigenvalue weighted by Gasteiger charge is 2.17. The molecule has 0 saturated carbocycles. The van der Waals surface area contributed by atoms with Gasteiger partial charge in [-0.2, -0.15) is 0 Å². The van der Waals surface area contributed by atoms with E-state index in [-0.39, 0.29) is 0 Å². The number of aromatic nitrogens is 2. The van der Waals surface area contributed by atoms with E-state index in [0.29, 0.717) is 0 Å². The summed E-state index contributed by atoms with van der Waals surface area (Å²) in [6.45, 7) is 4.55. The Balaban J connectivity index is 1.15. The maximum atomic E-state index is 5.00. The lowest BCUT2D eigenvalue weighted by molar-refractivity contribution is 0.670. The lowest BCUT2D eigenvalue weighted by Crippen LogP contribution is -1.80. The van der Waals surface area contributed by atoms with Crippen LogP contribution in [0.2, 0.25) is 0 Å². The lowest BCUT2D eigenvalue weighted by atomic mass is 10.1. The molecule has 0 aliphatic carbocycles. The molecule has 0 N–H and O–H groups in total. The molecular weight excluding hydrogens is 557 g/mol. The first-order valence-electron chi connectivity index (χ1n) is 13.0. The smallest absolute Gasteiger partial charge is 0.155 e. The predicted molar refractivity (Wildman–Crippen MR) is 168 cm³/mol. The van der Waals surface area contributed by atoms with Crippen LogP contribution in [0.3, 0.4) is 0 Å². The van der Waals surface area contributed by atoms with E-state index >= 15 is 0 Å². The van der Waals surface area contributed by atoms with Gasteiger partial charge in [-0.15, -0.1) is 45.3 Å². The van der Waals surface area contributed by atoms with E-state index in [0.717, 1.165) is 19.7 Å². The van der Waals surface area contributed by atoms with Gasteiger partial charge in [-0.3, -0.25) is 0 Å². The fourth-order valence-electron chi connectivity index (χ4n) is 4.53. The molecule has 0 radical (unpaired) electrons. The molecule has 0 bridgehead atoms. The van der Waals surface area contributed by atoms with Crippen LogP contribution in [0.15, 0.2) is 24.3 Å². The van der Waals surface area contributed by atoms with Gasteiger partial charge in [0.15, 0.2) is 9.66 Å². The third-order valence-corrected chi connectivity index (χ3v) is 13.5. The van der Waals surface area contributed by atoms with Crippen molar-refractivity contribution in [3.05, 3.63) is 34.0 Å². The summed E-state index contributed by atoms with van der Waals surface area (Å²) >= 11 is 11.2. The molecule has 0 aromatic carbocycles. The van der Waals surface area contributed by atoms with E-state index in [1.54, 1.807) is 22.7 Å². The van der Waals surface area contributed by atoms with Crippen molar-refractivity contribution >= 4 is 96.5 Å². The third-order valence-electron chi connectivity index (χ3n) is 6.47. The van der Waals surface area contributed by atoms with Gasteiger partial charge >= 0.3 is 0 Å². The molecule has 0 aliphatic heterocycles. The number of nitrogens with zero attached hydrogens (tertiary/aromatic N) is 2. The van der Waals surface area contributed by atoms with Crippen molar-refractivity contribution in [1.82, 2.24) is 9.97 Å². The van der Waals surface area contributed by atoms with Crippen molar-refractivity contribution < 1.29 is 0 Å². The fraction of sp³-hybridized carbons (Fsp3) is 0.429. The predicted octanol–water partition coefficient (Wildman–Crippen LogP) is 11.9. The summed E-state index contributed by atoms with van der Waals surface area (Å²) in [7, 11) is 0. The number of fused-ring (bicyclic) bond motifs is 3. The highest BCUT2D eigenvalue weighted by molar-refractivity contribution is 7.35. The second-order valence-corrected chi connectivity index (χ2v) is 15.8. The minimum Gasteiger partial charge on any atom is -0.222 e. The van der Waals surface area contributed by atoms with Crippen LogP contribution >= 0.6 is 68.0 Å². The first-order valence-corrected chi connectivity index (χ1v) is 17.9.